The van der Waals surface area contributed by atoms with Crippen LogP contribution >= 0.6 is 23.2 Å². The van der Waals surface area contributed by atoms with Gasteiger partial charge in [0, 0.05) is 33.2 Å². The van der Waals surface area contributed by atoms with E-state index >= 15 is 0 Å². The minimum atomic E-state index is -4.55. The van der Waals surface area contributed by atoms with Gasteiger partial charge in [-0.25, -0.2) is 4.98 Å². The molecule has 2 aromatic carbocycles. The number of fused-ring (bicyclic) bond motifs is 1. The molecule has 186 valence electrons. The van der Waals surface area contributed by atoms with Crippen LogP contribution in [0.3, 0.4) is 0 Å². The summed E-state index contributed by atoms with van der Waals surface area (Å²) in [6.07, 6.45) is -1.70. The second kappa shape index (κ2) is 9.86. The van der Waals surface area contributed by atoms with Crippen molar-refractivity contribution < 1.29 is 18.0 Å². The molecule has 4 rings (SSSR count). The van der Waals surface area contributed by atoms with Gasteiger partial charge in [-0.3, -0.25) is 4.79 Å². The largest absolute Gasteiger partial charge is 0.433 e. The Bertz CT molecular complexity index is 1220. The summed E-state index contributed by atoms with van der Waals surface area (Å²) in [5.74, 6) is -0.0687. The minimum absolute atomic E-state index is 0.00138. The van der Waals surface area contributed by atoms with Gasteiger partial charge in [0.2, 0.25) is 5.91 Å². The quantitative estimate of drug-likeness (QED) is 0.366. The van der Waals surface area contributed by atoms with Crippen molar-refractivity contribution in [1.82, 2.24) is 10.3 Å². The average Bonchev–Trinajstić information content (AvgIpc) is 2.80. The lowest BCUT2D eigenvalue weighted by Gasteiger charge is -2.33. The Hall–Kier alpha value is -2.51. The van der Waals surface area contributed by atoms with Crippen LogP contribution < -0.4 is 10.6 Å². The summed E-state index contributed by atoms with van der Waals surface area (Å²) in [4.78, 5) is 16.8. The highest BCUT2D eigenvalue weighted by Gasteiger charge is 2.35. The predicted octanol–water partition coefficient (Wildman–Crippen LogP) is 7.38. The molecule has 4 nitrogen and oxygen atoms in total. The molecule has 0 bridgehead atoms. The lowest BCUT2D eigenvalue weighted by atomic mass is 9.82. The molecule has 0 spiro atoms. The van der Waals surface area contributed by atoms with Crippen LogP contribution in [0.2, 0.25) is 10.0 Å². The number of hydrogen-bond donors (Lipinski definition) is 2. The second-order valence-corrected chi connectivity index (χ2v) is 10.4. The Balaban J connectivity index is 1.43. The maximum absolute atomic E-state index is 13.4. The molecule has 1 amide bonds. The molecule has 0 saturated heterocycles. The zero-order valence-electron chi connectivity index (χ0n) is 19.3. The van der Waals surface area contributed by atoms with Gasteiger partial charge >= 0.3 is 6.18 Å². The van der Waals surface area contributed by atoms with E-state index in [0.29, 0.717) is 34.0 Å². The van der Waals surface area contributed by atoms with Crippen LogP contribution in [-0.4, -0.2) is 23.0 Å². The SMILES string of the molecule is CC(C)(C(=O)N[C@H]1CC[C@@H](Nc2cc(C(F)(F)F)nc3ccc(Cl)cc23)CC1)c1ccc(Cl)cc1. The molecule has 1 heterocycles. The summed E-state index contributed by atoms with van der Waals surface area (Å²) in [5, 5.41) is 8.01. The van der Waals surface area contributed by atoms with Crippen LogP contribution in [-0.2, 0) is 16.4 Å². The lowest BCUT2D eigenvalue weighted by molar-refractivity contribution is -0.140. The third-order valence-corrected chi connectivity index (χ3v) is 7.10. The normalized spacial score (nSPS) is 18.9. The van der Waals surface area contributed by atoms with E-state index in [0.717, 1.165) is 24.5 Å². The van der Waals surface area contributed by atoms with E-state index in [4.69, 9.17) is 23.2 Å². The van der Waals surface area contributed by atoms with E-state index in [-0.39, 0.29) is 23.5 Å². The molecule has 1 aromatic heterocycles. The monoisotopic (exact) mass is 523 g/mol. The van der Waals surface area contributed by atoms with Crippen molar-refractivity contribution in [3.8, 4) is 0 Å². The number of pyridine rings is 1. The molecule has 0 aliphatic heterocycles. The third-order valence-electron chi connectivity index (χ3n) is 6.62. The van der Waals surface area contributed by atoms with Crippen molar-refractivity contribution in [2.75, 3.05) is 5.32 Å². The van der Waals surface area contributed by atoms with Crippen molar-refractivity contribution in [3.05, 3.63) is 69.8 Å². The molecule has 3 aromatic rings. The number of hydrogen-bond acceptors (Lipinski definition) is 3. The zero-order chi connectivity index (χ0) is 25.4. The van der Waals surface area contributed by atoms with Crippen LogP contribution in [0.15, 0.2) is 48.5 Å². The first-order chi connectivity index (χ1) is 16.4. The summed E-state index contributed by atoms with van der Waals surface area (Å²) in [6.45, 7) is 3.74. The van der Waals surface area contributed by atoms with Gasteiger partial charge < -0.3 is 10.6 Å². The van der Waals surface area contributed by atoms with Crippen molar-refractivity contribution in [1.29, 1.82) is 0 Å². The molecule has 35 heavy (non-hydrogen) atoms. The van der Waals surface area contributed by atoms with E-state index < -0.39 is 17.3 Å². The van der Waals surface area contributed by atoms with Gasteiger partial charge in [-0.15, -0.1) is 0 Å². The lowest BCUT2D eigenvalue weighted by Crippen LogP contribution is -2.47. The zero-order valence-corrected chi connectivity index (χ0v) is 20.9. The summed E-state index contributed by atoms with van der Waals surface area (Å²) in [7, 11) is 0. The Labute approximate surface area is 212 Å². The van der Waals surface area contributed by atoms with Crippen molar-refractivity contribution in [3.63, 3.8) is 0 Å². The number of rotatable bonds is 5. The van der Waals surface area contributed by atoms with Crippen LogP contribution in [0.5, 0.6) is 0 Å². The number of amides is 1. The standard InChI is InChI=1S/C26H26Cl2F3N3O/c1-25(2,15-3-5-16(27)6-4-15)24(35)33-19-10-8-18(9-11-19)32-22-14-23(26(29,30)31)34-21-12-7-17(28)13-20(21)22/h3-7,12-14,18-19H,8-11H2,1-2H3,(H,32,34)(H,33,35)/t18-,19+. The topological polar surface area (TPSA) is 54.0 Å². The summed E-state index contributed by atoms with van der Waals surface area (Å²) >= 11 is 12.1. The maximum Gasteiger partial charge on any atom is 0.433 e. The molecule has 1 saturated carbocycles. The van der Waals surface area contributed by atoms with Gasteiger partial charge in [-0.05, 0) is 81.5 Å². The number of halogens is 5. The summed E-state index contributed by atoms with van der Waals surface area (Å²) < 4.78 is 40.2. The van der Waals surface area contributed by atoms with Crippen LogP contribution in [0.1, 0.15) is 50.8 Å². The predicted molar refractivity (Wildman–Crippen MR) is 134 cm³/mol. The van der Waals surface area contributed by atoms with Crippen LogP contribution in [0, 0.1) is 0 Å². The molecule has 0 atom stereocenters. The van der Waals surface area contributed by atoms with Gasteiger partial charge in [0.05, 0.1) is 10.9 Å². The molecule has 1 aliphatic carbocycles. The van der Waals surface area contributed by atoms with Crippen molar-refractivity contribution in [2.45, 2.75) is 63.2 Å². The number of anilines is 1. The number of carbonyl (C=O) groups is 1. The first-order valence-electron chi connectivity index (χ1n) is 11.4. The van der Waals surface area contributed by atoms with E-state index in [1.807, 2.05) is 26.0 Å². The highest BCUT2D eigenvalue weighted by atomic mass is 35.5. The fraction of sp³-hybridized carbons (Fsp3) is 0.385. The molecule has 1 aliphatic rings. The van der Waals surface area contributed by atoms with Crippen molar-refractivity contribution >= 4 is 45.7 Å². The van der Waals surface area contributed by atoms with E-state index in [1.54, 1.807) is 18.2 Å². The smallest absolute Gasteiger partial charge is 0.382 e. The Kier molecular flexibility index (Phi) is 7.21. The van der Waals surface area contributed by atoms with Gasteiger partial charge in [0.25, 0.3) is 0 Å². The highest BCUT2D eigenvalue weighted by molar-refractivity contribution is 6.31. The third kappa shape index (κ3) is 5.84. The number of alkyl halides is 3. The fourth-order valence-corrected chi connectivity index (χ4v) is 4.73. The van der Waals surface area contributed by atoms with Crippen LogP contribution in [0.25, 0.3) is 10.9 Å². The van der Waals surface area contributed by atoms with E-state index in [9.17, 15) is 18.0 Å². The highest BCUT2D eigenvalue weighted by Crippen LogP contribution is 2.35. The van der Waals surface area contributed by atoms with Crippen molar-refractivity contribution in [2.24, 2.45) is 0 Å². The van der Waals surface area contributed by atoms with Gasteiger partial charge in [-0.2, -0.15) is 13.2 Å². The fourth-order valence-electron chi connectivity index (χ4n) is 4.43. The van der Waals surface area contributed by atoms with E-state index in [1.165, 1.54) is 12.1 Å². The molecule has 2 N–H and O–H groups in total. The number of carbonyl (C=O) groups excluding carboxylic acids is 1. The van der Waals surface area contributed by atoms with E-state index in [2.05, 4.69) is 15.6 Å². The molecule has 0 radical (unpaired) electrons. The van der Waals surface area contributed by atoms with Gasteiger partial charge in [0.15, 0.2) is 0 Å². The molecule has 9 heteroatoms. The number of aromatic nitrogens is 1. The summed E-state index contributed by atoms with van der Waals surface area (Å²) in [6, 6.07) is 12.9. The molecular formula is C26H26Cl2F3N3O. The Morgan fingerprint density at radius 2 is 1.51 bits per heavy atom. The number of nitrogens with zero attached hydrogens (tertiary/aromatic N) is 1. The first-order valence-corrected chi connectivity index (χ1v) is 12.2. The van der Waals surface area contributed by atoms with Crippen LogP contribution in [0.4, 0.5) is 18.9 Å². The second-order valence-electron chi connectivity index (χ2n) is 9.51. The van der Waals surface area contributed by atoms with Gasteiger partial charge in [-0.1, -0.05) is 35.3 Å². The molecular weight excluding hydrogens is 498 g/mol. The first kappa shape index (κ1) is 25.6. The number of benzene rings is 2. The Morgan fingerprint density at radius 1 is 0.914 bits per heavy atom. The molecule has 0 unspecified atom stereocenters. The minimum Gasteiger partial charge on any atom is -0.382 e. The summed E-state index contributed by atoms with van der Waals surface area (Å²) in [5.41, 5.74) is -0.194. The Morgan fingerprint density at radius 3 is 2.14 bits per heavy atom. The number of nitrogens with one attached hydrogen (secondary N) is 2. The molecule has 1 fully saturated rings. The average molecular weight is 524 g/mol. The van der Waals surface area contributed by atoms with Gasteiger partial charge in [0.1, 0.15) is 5.69 Å². The maximum atomic E-state index is 13.4.